The maximum absolute atomic E-state index is 14.9. The van der Waals surface area contributed by atoms with Crippen LogP contribution in [0, 0.1) is 30.2 Å². The van der Waals surface area contributed by atoms with Crippen LogP contribution in [0.2, 0.25) is 0 Å². The molecule has 0 fully saturated rings. The molecule has 5 heteroatoms. The molecule has 0 aliphatic rings. The number of hydrogen-bond donors (Lipinski definition) is 0. The number of aryl methyl sites for hydroxylation is 3. The van der Waals surface area contributed by atoms with Crippen molar-refractivity contribution in [2.24, 2.45) is 0 Å². The van der Waals surface area contributed by atoms with E-state index in [0.29, 0.717) is 30.6 Å². The van der Waals surface area contributed by atoms with Crippen molar-refractivity contribution >= 4 is 0 Å². The summed E-state index contributed by atoms with van der Waals surface area (Å²) in [6.07, 6.45) is 0.788. The predicted molar refractivity (Wildman–Crippen MR) is 131 cm³/mol. The van der Waals surface area contributed by atoms with Gasteiger partial charge in [0, 0.05) is 23.3 Å². The standard InChI is InChI=1S/C30H26F4O/c1-3-35-18-24-15-14-23(27(31)28(24)32)13-8-20-6-11-22(12-7-20)26-17-16-25(29(33)30(26)34)21-9-4-19(2)5-10-21/h4-7,9-12,14-17H,3,8,13,18H2,1-2H3. The van der Waals surface area contributed by atoms with Gasteiger partial charge < -0.3 is 4.74 Å². The number of ether oxygens (including phenoxy) is 1. The molecule has 0 aromatic heterocycles. The van der Waals surface area contributed by atoms with Crippen LogP contribution < -0.4 is 0 Å². The minimum absolute atomic E-state index is 0.0319. The zero-order chi connectivity index (χ0) is 24.9. The second-order valence-corrected chi connectivity index (χ2v) is 8.50. The van der Waals surface area contributed by atoms with Crippen molar-refractivity contribution in [2.75, 3.05) is 6.61 Å². The highest BCUT2D eigenvalue weighted by molar-refractivity contribution is 5.72. The van der Waals surface area contributed by atoms with E-state index in [9.17, 15) is 17.6 Å². The molecule has 0 aliphatic carbocycles. The fraction of sp³-hybridized carbons (Fsp3) is 0.200. The summed E-state index contributed by atoms with van der Waals surface area (Å²) in [5.41, 5.74) is 3.93. The second kappa shape index (κ2) is 10.9. The summed E-state index contributed by atoms with van der Waals surface area (Å²) in [7, 11) is 0. The summed E-state index contributed by atoms with van der Waals surface area (Å²) in [6.45, 7) is 4.18. The highest BCUT2D eigenvalue weighted by Gasteiger charge is 2.17. The van der Waals surface area contributed by atoms with Crippen LogP contribution in [-0.4, -0.2) is 6.61 Å². The monoisotopic (exact) mass is 478 g/mol. The molecule has 0 spiro atoms. The predicted octanol–water partition coefficient (Wildman–Crippen LogP) is 8.21. The second-order valence-electron chi connectivity index (χ2n) is 8.50. The molecule has 0 radical (unpaired) electrons. The van der Waals surface area contributed by atoms with E-state index in [4.69, 9.17) is 4.74 Å². The minimum atomic E-state index is -0.902. The van der Waals surface area contributed by atoms with Crippen LogP contribution in [-0.2, 0) is 24.2 Å². The summed E-state index contributed by atoms with van der Waals surface area (Å²) in [5.74, 6) is -3.52. The molecule has 4 aromatic rings. The molecule has 0 saturated carbocycles. The molecular weight excluding hydrogens is 452 g/mol. The summed E-state index contributed by atoms with van der Waals surface area (Å²) >= 11 is 0. The summed E-state index contributed by atoms with van der Waals surface area (Å²) in [6, 6.07) is 20.5. The van der Waals surface area contributed by atoms with E-state index in [1.165, 1.54) is 0 Å². The van der Waals surface area contributed by atoms with E-state index in [-0.39, 0.29) is 28.9 Å². The Bertz CT molecular complexity index is 1310. The summed E-state index contributed by atoms with van der Waals surface area (Å²) in [4.78, 5) is 0. The van der Waals surface area contributed by atoms with Gasteiger partial charge in [0.2, 0.25) is 0 Å². The van der Waals surface area contributed by atoms with Gasteiger partial charge in [-0.2, -0.15) is 0 Å². The van der Waals surface area contributed by atoms with Crippen LogP contribution in [0.4, 0.5) is 17.6 Å². The molecule has 0 bridgehead atoms. The maximum atomic E-state index is 14.9. The number of benzene rings is 4. The smallest absolute Gasteiger partial charge is 0.167 e. The first-order chi connectivity index (χ1) is 16.9. The normalized spacial score (nSPS) is 11.1. The molecule has 1 nitrogen and oxygen atoms in total. The van der Waals surface area contributed by atoms with Gasteiger partial charge in [-0.25, -0.2) is 17.6 Å². The lowest BCUT2D eigenvalue weighted by Gasteiger charge is -2.11. The Morgan fingerprint density at radius 1 is 0.571 bits per heavy atom. The molecule has 0 atom stereocenters. The molecule has 4 aromatic carbocycles. The molecule has 4 rings (SSSR count). The van der Waals surface area contributed by atoms with Gasteiger partial charge in [0.1, 0.15) is 0 Å². The zero-order valence-corrected chi connectivity index (χ0v) is 19.7. The van der Waals surface area contributed by atoms with Crippen molar-refractivity contribution in [2.45, 2.75) is 33.3 Å². The van der Waals surface area contributed by atoms with E-state index in [1.54, 1.807) is 67.6 Å². The average molecular weight is 479 g/mol. The summed E-state index contributed by atoms with van der Waals surface area (Å²) in [5, 5.41) is 0. The first-order valence-electron chi connectivity index (χ1n) is 11.6. The van der Waals surface area contributed by atoms with E-state index in [2.05, 4.69) is 0 Å². The molecule has 0 N–H and O–H groups in total. The Morgan fingerprint density at radius 2 is 1.09 bits per heavy atom. The highest BCUT2D eigenvalue weighted by atomic mass is 19.2. The molecule has 0 unspecified atom stereocenters. The third kappa shape index (κ3) is 5.46. The number of hydrogen-bond acceptors (Lipinski definition) is 1. The van der Waals surface area contributed by atoms with Crippen molar-refractivity contribution < 1.29 is 22.3 Å². The SMILES string of the molecule is CCOCc1ccc(CCc2ccc(-c3ccc(-c4ccc(C)cc4)c(F)c3F)cc2)c(F)c1F. The van der Waals surface area contributed by atoms with Crippen LogP contribution in [0.25, 0.3) is 22.3 Å². The summed E-state index contributed by atoms with van der Waals surface area (Å²) < 4.78 is 63.6. The van der Waals surface area contributed by atoms with Crippen molar-refractivity contribution in [3.8, 4) is 22.3 Å². The van der Waals surface area contributed by atoms with Crippen molar-refractivity contribution in [1.29, 1.82) is 0 Å². The van der Waals surface area contributed by atoms with Crippen LogP contribution in [0.15, 0.2) is 72.8 Å². The van der Waals surface area contributed by atoms with Crippen molar-refractivity contribution in [1.82, 2.24) is 0 Å². The quantitative estimate of drug-likeness (QED) is 0.232. The Morgan fingerprint density at radius 3 is 1.66 bits per heavy atom. The van der Waals surface area contributed by atoms with Crippen LogP contribution in [0.3, 0.4) is 0 Å². The Labute approximate surface area is 203 Å². The van der Waals surface area contributed by atoms with Gasteiger partial charge in [0.15, 0.2) is 23.3 Å². The Hall–Kier alpha value is -3.44. The number of rotatable bonds is 8. The molecule has 0 saturated heterocycles. The third-order valence-corrected chi connectivity index (χ3v) is 6.10. The van der Waals surface area contributed by atoms with Gasteiger partial charge >= 0.3 is 0 Å². The molecule has 180 valence electrons. The van der Waals surface area contributed by atoms with E-state index in [1.807, 2.05) is 19.1 Å². The van der Waals surface area contributed by atoms with Gasteiger partial charge in [-0.15, -0.1) is 0 Å². The lowest BCUT2D eigenvalue weighted by Crippen LogP contribution is -2.03. The van der Waals surface area contributed by atoms with Crippen molar-refractivity contribution in [3.63, 3.8) is 0 Å². The van der Waals surface area contributed by atoms with Crippen LogP contribution >= 0.6 is 0 Å². The minimum Gasteiger partial charge on any atom is -0.377 e. The maximum Gasteiger partial charge on any atom is 0.167 e. The van der Waals surface area contributed by atoms with E-state index >= 15 is 0 Å². The highest BCUT2D eigenvalue weighted by Crippen LogP contribution is 2.32. The van der Waals surface area contributed by atoms with Gasteiger partial charge in [-0.3, -0.25) is 0 Å². The third-order valence-electron chi connectivity index (χ3n) is 6.10. The van der Waals surface area contributed by atoms with E-state index in [0.717, 1.165) is 11.1 Å². The lowest BCUT2D eigenvalue weighted by atomic mass is 9.96. The number of halogens is 4. The molecule has 35 heavy (non-hydrogen) atoms. The van der Waals surface area contributed by atoms with Gasteiger partial charge in [-0.05, 0) is 48.9 Å². The fourth-order valence-electron chi connectivity index (χ4n) is 4.00. The van der Waals surface area contributed by atoms with E-state index < -0.39 is 23.3 Å². The Kier molecular flexibility index (Phi) is 7.67. The topological polar surface area (TPSA) is 9.23 Å². The average Bonchev–Trinajstić information content (AvgIpc) is 2.87. The van der Waals surface area contributed by atoms with Gasteiger partial charge in [-0.1, -0.05) is 78.4 Å². The van der Waals surface area contributed by atoms with Crippen LogP contribution in [0.1, 0.15) is 29.2 Å². The van der Waals surface area contributed by atoms with Gasteiger partial charge in [0.05, 0.1) is 6.61 Å². The van der Waals surface area contributed by atoms with Gasteiger partial charge in [0.25, 0.3) is 0 Å². The largest absolute Gasteiger partial charge is 0.377 e. The fourth-order valence-corrected chi connectivity index (χ4v) is 4.00. The molecule has 0 aliphatic heterocycles. The molecule has 0 amide bonds. The zero-order valence-electron chi connectivity index (χ0n) is 19.7. The first kappa shape index (κ1) is 24.7. The molecular formula is C30H26F4O. The Balaban J connectivity index is 1.48. The van der Waals surface area contributed by atoms with Crippen LogP contribution in [0.5, 0.6) is 0 Å². The first-order valence-corrected chi connectivity index (χ1v) is 11.6. The molecule has 0 heterocycles. The lowest BCUT2D eigenvalue weighted by molar-refractivity contribution is 0.131. The van der Waals surface area contributed by atoms with Crippen molar-refractivity contribution in [3.05, 3.63) is 118 Å².